The zero-order valence-corrected chi connectivity index (χ0v) is 16.6. The van der Waals surface area contributed by atoms with Crippen LogP contribution in [0.25, 0.3) is 0 Å². The van der Waals surface area contributed by atoms with E-state index >= 15 is 0 Å². The predicted molar refractivity (Wildman–Crippen MR) is 111 cm³/mol. The lowest BCUT2D eigenvalue weighted by atomic mass is 10.2. The van der Waals surface area contributed by atoms with E-state index in [1.807, 2.05) is 6.07 Å². The molecule has 1 atom stereocenters. The second kappa shape index (κ2) is 9.38. The standard InChI is InChI=1S/C21H20N2O5S/c1-28-21(27)14-7-9-15(10-8-14)22-18(24)11-12-29-17-13-19(25)23(20(17)26)16-5-3-2-4-6-16/h2-10,17H,11-13H2,1H3,(H,22,24)/t17-/m1/s1. The van der Waals surface area contributed by atoms with Gasteiger partial charge in [0.25, 0.3) is 0 Å². The molecule has 0 bridgehead atoms. The minimum Gasteiger partial charge on any atom is -0.465 e. The number of amides is 3. The Kier molecular flexibility index (Phi) is 6.66. The quantitative estimate of drug-likeness (QED) is 0.555. The molecule has 3 amide bonds. The topological polar surface area (TPSA) is 92.8 Å². The highest BCUT2D eigenvalue weighted by Crippen LogP contribution is 2.29. The molecule has 1 aliphatic rings. The van der Waals surface area contributed by atoms with E-state index in [1.165, 1.54) is 23.8 Å². The van der Waals surface area contributed by atoms with Crippen molar-refractivity contribution in [1.29, 1.82) is 0 Å². The van der Waals surface area contributed by atoms with Crippen LogP contribution in [0.4, 0.5) is 11.4 Å². The number of methoxy groups -OCH3 is 1. The van der Waals surface area contributed by atoms with Gasteiger partial charge in [-0.2, -0.15) is 0 Å². The molecule has 0 radical (unpaired) electrons. The average molecular weight is 412 g/mol. The molecule has 3 rings (SSSR count). The van der Waals surface area contributed by atoms with Crippen molar-refractivity contribution in [3.05, 3.63) is 60.2 Å². The molecule has 150 valence electrons. The van der Waals surface area contributed by atoms with Gasteiger partial charge in [-0.1, -0.05) is 18.2 Å². The molecule has 29 heavy (non-hydrogen) atoms. The Balaban J connectivity index is 1.47. The number of thioether (sulfide) groups is 1. The van der Waals surface area contributed by atoms with Gasteiger partial charge in [0.1, 0.15) is 0 Å². The average Bonchev–Trinajstić information content (AvgIpc) is 3.01. The molecular formula is C21H20N2O5S. The molecule has 1 saturated heterocycles. The van der Waals surface area contributed by atoms with Crippen molar-refractivity contribution in [2.75, 3.05) is 23.1 Å². The number of ether oxygens (including phenoxy) is 1. The molecular weight excluding hydrogens is 392 g/mol. The highest BCUT2D eigenvalue weighted by molar-refractivity contribution is 8.00. The molecule has 0 aromatic heterocycles. The maximum atomic E-state index is 12.5. The summed E-state index contributed by atoms with van der Waals surface area (Å²) >= 11 is 1.31. The maximum Gasteiger partial charge on any atom is 0.337 e. The zero-order chi connectivity index (χ0) is 20.8. The first kappa shape index (κ1) is 20.6. The van der Waals surface area contributed by atoms with E-state index in [-0.39, 0.29) is 30.6 Å². The van der Waals surface area contributed by atoms with E-state index in [2.05, 4.69) is 10.1 Å². The minimum absolute atomic E-state index is 0.134. The fourth-order valence-electron chi connectivity index (χ4n) is 2.91. The molecule has 0 aliphatic carbocycles. The number of nitrogens with one attached hydrogen (secondary N) is 1. The molecule has 0 unspecified atom stereocenters. The number of esters is 1. The third kappa shape index (κ3) is 5.03. The van der Waals surface area contributed by atoms with Gasteiger partial charge in [0, 0.05) is 24.3 Å². The first-order chi connectivity index (χ1) is 14.0. The van der Waals surface area contributed by atoms with Gasteiger partial charge in [0.15, 0.2) is 0 Å². The molecule has 0 saturated carbocycles. The van der Waals surface area contributed by atoms with Crippen LogP contribution < -0.4 is 10.2 Å². The number of carbonyl (C=O) groups excluding carboxylic acids is 4. The largest absolute Gasteiger partial charge is 0.465 e. The lowest BCUT2D eigenvalue weighted by Gasteiger charge is -2.14. The monoisotopic (exact) mass is 412 g/mol. The second-order valence-electron chi connectivity index (χ2n) is 6.33. The molecule has 1 N–H and O–H groups in total. The Hall–Kier alpha value is -3.13. The second-order valence-corrected chi connectivity index (χ2v) is 7.64. The van der Waals surface area contributed by atoms with Crippen molar-refractivity contribution in [2.45, 2.75) is 18.1 Å². The minimum atomic E-state index is -0.477. The molecule has 2 aromatic carbocycles. The summed E-state index contributed by atoms with van der Waals surface area (Å²) in [5, 5.41) is 2.26. The van der Waals surface area contributed by atoms with Crippen LogP contribution in [-0.2, 0) is 19.1 Å². The molecule has 8 heteroatoms. The Labute approximate surface area is 172 Å². The van der Waals surface area contributed by atoms with Crippen molar-refractivity contribution < 1.29 is 23.9 Å². The smallest absolute Gasteiger partial charge is 0.337 e. The lowest BCUT2D eigenvalue weighted by Crippen LogP contribution is -2.31. The van der Waals surface area contributed by atoms with E-state index in [4.69, 9.17) is 0 Å². The molecule has 1 fully saturated rings. The van der Waals surface area contributed by atoms with Gasteiger partial charge in [0.05, 0.1) is 23.6 Å². The van der Waals surface area contributed by atoms with Gasteiger partial charge in [-0.3, -0.25) is 14.4 Å². The van der Waals surface area contributed by atoms with Gasteiger partial charge in [-0.25, -0.2) is 9.69 Å². The number of anilines is 2. The summed E-state index contributed by atoms with van der Waals surface area (Å²) in [6, 6.07) is 15.2. The number of nitrogens with zero attached hydrogens (tertiary/aromatic N) is 1. The molecule has 7 nitrogen and oxygen atoms in total. The van der Waals surface area contributed by atoms with E-state index in [0.717, 1.165) is 0 Å². The number of carbonyl (C=O) groups is 4. The molecule has 2 aromatic rings. The summed E-state index contributed by atoms with van der Waals surface area (Å²) in [4.78, 5) is 49.5. The third-order valence-electron chi connectivity index (χ3n) is 4.36. The summed E-state index contributed by atoms with van der Waals surface area (Å²) in [6.45, 7) is 0. The first-order valence-corrected chi connectivity index (χ1v) is 10.1. The van der Waals surface area contributed by atoms with Crippen LogP contribution in [0.15, 0.2) is 54.6 Å². The number of rotatable bonds is 7. The van der Waals surface area contributed by atoms with Crippen LogP contribution in [0.2, 0.25) is 0 Å². The van der Waals surface area contributed by atoms with E-state index < -0.39 is 11.2 Å². The summed E-state index contributed by atoms with van der Waals surface area (Å²) in [5.74, 6) is -0.711. The predicted octanol–water partition coefficient (Wildman–Crippen LogP) is 2.87. The summed E-state index contributed by atoms with van der Waals surface area (Å²) in [5.41, 5.74) is 1.53. The van der Waals surface area contributed by atoms with Crippen LogP contribution in [0.1, 0.15) is 23.2 Å². The summed E-state index contributed by atoms with van der Waals surface area (Å²) in [7, 11) is 1.30. The number of para-hydroxylation sites is 1. The van der Waals surface area contributed by atoms with Crippen LogP contribution in [-0.4, -0.2) is 41.8 Å². The Morgan fingerprint density at radius 3 is 2.45 bits per heavy atom. The van der Waals surface area contributed by atoms with Crippen molar-refractivity contribution in [2.24, 2.45) is 0 Å². The van der Waals surface area contributed by atoms with Gasteiger partial charge < -0.3 is 10.1 Å². The highest BCUT2D eigenvalue weighted by atomic mass is 32.2. The highest BCUT2D eigenvalue weighted by Gasteiger charge is 2.39. The number of imide groups is 1. The molecule has 1 aliphatic heterocycles. The Morgan fingerprint density at radius 1 is 1.10 bits per heavy atom. The van der Waals surface area contributed by atoms with Crippen molar-refractivity contribution in [3.63, 3.8) is 0 Å². The van der Waals surface area contributed by atoms with Gasteiger partial charge >= 0.3 is 5.97 Å². The Bertz CT molecular complexity index is 914. The van der Waals surface area contributed by atoms with Crippen molar-refractivity contribution >= 4 is 46.8 Å². The zero-order valence-electron chi connectivity index (χ0n) is 15.8. The van der Waals surface area contributed by atoms with Crippen LogP contribution in [0, 0.1) is 0 Å². The Morgan fingerprint density at radius 2 is 1.79 bits per heavy atom. The molecule has 1 heterocycles. The third-order valence-corrected chi connectivity index (χ3v) is 5.57. The fraction of sp³-hybridized carbons (Fsp3) is 0.238. The van der Waals surface area contributed by atoms with Crippen LogP contribution in [0.3, 0.4) is 0 Å². The van der Waals surface area contributed by atoms with Gasteiger partial charge in [0.2, 0.25) is 17.7 Å². The van der Waals surface area contributed by atoms with Gasteiger partial charge in [-0.05, 0) is 36.4 Å². The number of hydrogen-bond acceptors (Lipinski definition) is 6. The van der Waals surface area contributed by atoms with E-state index in [9.17, 15) is 19.2 Å². The van der Waals surface area contributed by atoms with Crippen LogP contribution >= 0.6 is 11.8 Å². The van der Waals surface area contributed by atoms with Gasteiger partial charge in [-0.15, -0.1) is 11.8 Å². The SMILES string of the molecule is COC(=O)c1ccc(NC(=O)CCS[C@@H]2CC(=O)N(c3ccccc3)C2=O)cc1. The normalized spacial score (nSPS) is 16.0. The van der Waals surface area contributed by atoms with Crippen molar-refractivity contribution in [1.82, 2.24) is 0 Å². The maximum absolute atomic E-state index is 12.5. The summed E-state index contributed by atoms with van der Waals surface area (Å²) < 4.78 is 4.63. The summed E-state index contributed by atoms with van der Waals surface area (Å²) in [6.07, 6.45) is 0.335. The van der Waals surface area contributed by atoms with E-state index in [1.54, 1.807) is 48.5 Å². The lowest BCUT2D eigenvalue weighted by molar-refractivity contribution is -0.121. The first-order valence-electron chi connectivity index (χ1n) is 9.01. The fourth-order valence-corrected chi connectivity index (χ4v) is 4.00. The number of hydrogen-bond donors (Lipinski definition) is 1. The number of benzene rings is 2. The van der Waals surface area contributed by atoms with Crippen molar-refractivity contribution in [3.8, 4) is 0 Å². The van der Waals surface area contributed by atoms with E-state index in [0.29, 0.717) is 22.7 Å². The molecule has 0 spiro atoms. The van der Waals surface area contributed by atoms with Crippen LogP contribution in [0.5, 0.6) is 0 Å².